The first-order valence-electron chi connectivity index (χ1n) is 44.8. The van der Waals surface area contributed by atoms with Gasteiger partial charge in [-0.25, -0.2) is 0 Å². The Morgan fingerprint density at radius 1 is 0.164 bits per heavy atom. The Morgan fingerprint density at radius 3 is 0.305 bits per heavy atom. The Balaban J connectivity index is -0.000000224. The fraction of sp³-hybridized carbons (Fsp3) is 0.929. The summed E-state index contributed by atoms with van der Waals surface area (Å²) in [4.78, 5) is 62.6. The summed E-state index contributed by atoms with van der Waals surface area (Å²) in [5.74, 6) is -59.9. The van der Waals surface area contributed by atoms with Gasteiger partial charge in [-0.15, -0.1) is 0 Å². The second kappa shape index (κ2) is 73.9. The van der Waals surface area contributed by atoms with E-state index < -0.39 is 142 Å². The molecule has 0 aromatic rings. The average molecular weight is 1950 g/mol. The van der Waals surface area contributed by atoms with Gasteiger partial charge < -0.3 is 213 Å². The molecule has 0 aromatic carbocycles. The number of aliphatic carboxylic acids is 6. The van der Waals surface area contributed by atoms with Crippen LogP contribution in [0.25, 0.3) is 0 Å². The van der Waals surface area contributed by atoms with E-state index in [1.54, 1.807) is 0 Å². The minimum atomic E-state index is -3.92. The van der Waals surface area contributed by atoms with Gasteiger partial charge in [-0.2, -0.15) is 0 Å². The van der Waals surface area contributed by atoms with Crippen LogP contribution in [-0.2, 0) is 63.5 Å². The quantitative estimate of drug-likeness (QED) is 0.0199. The fourth-order valence-electron chi connectivity index (χ4n) is 12.3. The molecule has 6 unspecified atom stereocenters. The van der Waals surface area contributed by atoms with Crippen LogP contribution in [0.1, 0.15) is 388 Å². The van der Waals surface area contributed by atoms with E-state index in [2.05, 4.69) is 41.5 Å². The monoisotopic (exact) mass is 1950 g/mol. The molecule has 42 nitrogen and oxygen atoms in total. The number of unbranched alkanes of at least 4 members (excludes halogenated alkanes) is 42. The predicted molar refractivity (Wildman–Crippen MR) is 435 cm³/mol. The predicted octanol–water partition coefficient (Wildman–Crippen LogP) is -6.07. The smallest absolute Gasteiger partial charge is 0.544 e. The van der Waals surface area contributed by atoms with Gasteiger partial charge in [0, 0.05) is 0 Å². The molecule has 0 aromatic heterocycles. The molecule has 0 fully saturated rings. The Labute approximate surface area is 773 Å². The van der Waals surface area contributed by atoms with Gasteiger partial charge in [-0.1, -0.05) is 350 Å². The Kier molecular flexibility index (Phi) is 80.9. The van der Waals surface area contributed by atoms with Crippen LogP contribution in [0.3, 0.4) is 0 Å². The number of rotatable bonds is 72. The first-order valence-corrected chi connectivity index (χ1v) is 44.8. The largest absolute Gasteiger partial charge is 3.00 e. The molecule has 128 heavy (non-hydrogen) atoms. The van der Waals surface area contributed by atoms with Crippen LogP contribution in [0.2, 0.25) is 0 Å². The fourth-order valence-corrected chi connectivity index (χ4v) is 12.3. The maximum Gasteiger partial charge on any atom is 3.00 e. The van der Waals surface area contributed by atoms with E-state index in [0.717, 1.165) is 154 Å². The minimum Gasteiger partial charge on any atom is -0.544 e. The van der Waals surface area contributed by atoms with Gasteiger partial charge in [0.25, 0.3) is 69.4 Å². The number of aliphatic hydroxyl groups excluding tert-OH is 6. The van der Waals surface area contributed by atoms with Crippen LogP contribution in [0.5, 0.6) is 0 Å². The van der Waals surface area contributed by atoms with E-state index in [-0.39, 0.29) is 73.2 Å². The molecule has 0 aliphatic rings. The van der Waals surface area contributed by atoms with Gasteiger partial charge >= 0.3 is 34.7 Å². The van der Waals surface area contributed by atoms with E-state index in [0.29, 0.717) is 38.5 Å². The number of hydrogen-bond acceptors (Lipinski definition) is 42. The SMILES string of the molecule is CCCCCCCCCCC(O)C(O)(O)C(O)(O)C(=O)[O-].CCCCCCCCCCC(O)C(O)(O)C(O)(O)C(=O)[O-].CCCCCCCCCCC(O)C(O)(O)C(O)(O)C(=O)[O-].CCCCCCCCCCC(O)C(O)(O)C(O)(O)C(=O)[O-].CCCCCCCCCCC(O)C(O)(O)C(O)(O)C(=O)[O-].CCCCCCCCCCC(O)C(O)(O)C(O)(O)C(=O)[O-].[Cr+3].[Cr+3]. The van der Waals surface area contributed by atoms with Crippen molar-refractivity contribution in [3.63, 3.8) is 0 Å². The van der Waals surface area contributed by atoms with E-state index in [1.165, 1.54) is 116 Å². The third kappa shape index (κ3) is 54.4. The van der Waals surface area contributed by atoms with Crippen molar-refractivity contribution in [3.8, 4) is 0 Å². The van der Waals surface area contributed by atoms with Gasteiger partial charge in [0.1, 0.15) is 72.4 Å². The molecule has 44 heteroatoms. The summed E-state index contributed by atoms with van der Waals surface area (Å²) in [6.45, 7) is 12.8. The standard InChI is InChI=1S/6C14H28O7.2Cr/c6*1-2-3-4-5-6-7-8-9-10-11(15)13(18,19)14(20,21)12(16)17;;/h6*11,15,18-21H,2-10H2,1H3,(H,16,17);;/q;;;;;;2*+3/p-6. The van der Waals surface area contributed by atoms with Crippen molar-refractivity contribution in [1.29, 1.82) is 0 Å². The molecule has 30 N–H and O–H groups in total. The van der Waals surface area contributed by atoms with E-state index >= 15 is 0 Å². The molecule has 0 saturated heterocycles. The Bertz CT molecular complexity index is 2290. The van der Waals surface area contributed by atoms with Gasteiger partial charge in [0.2, 0.25) is 0 Å². The summed E-state index contributed by atoms with van der Waals surface area (Å²) in [5, 5.41) is 341. The number of carboxylic acids is 6. The zero-order chi connectivity index (χ0) is 99.1. The number of aliphatic hydroxyl groups is 30. The summed E-state index contributed by atoms with van der Waals surface area (Å²) in [5.41, 5.74) is 0. The molecule has 0 rings (SSSR count). The average Bonchev–Trinajstić information content (AvgIpc) is 0.827. The van der Waals surface area contributed by atoms with Crippen molar-refractivity contribution >= 4 is 35.8 Å². The molecule has 0 amide bonds. The molecule has 6 atom stereocenters. The topological polar surface area (TPSA) is 848 Å². The van der Waals surface area contributed by atoms with E-state index in [9.17, 15) is 151 Å². The number of hydrogen-bond donors (Lipinski definition) is 30. The normalized spacial score (nSPS) is 14.0. The van der Waals surface area contributed by atoms with Crippen LogP contribution in [0.4, 0.5) is 0 Å². The minimum absolute atomic E-state index is 0. The Hall–Kier alpha value is -3.32. The summed E-state index contributed by atoms with van der Waals surface area (Å²) in [7, 11) is 0. The maximum atomic E-state index is 10.4. The Morgan fingerprint density at radius 2 is 0.234 bits per heavy atom. The van der Waals surface area contributed by atoms with Crippen molar-refractivity contribution in [3.05, 3.63) is 0 Å². The van der Waals surface area contributed by atoms with Crippen molar-refractivity contribution in [2.45, 2.75) is 494 Å². The van der Waals surface area contributed by atoms with Gasteiger partial charge in [0.15, 0.2) is 0 Å². The van der Waals surface area contributed by atoms with Gasteiger partial charge in [-0.05, 0) is 38.5 Å². The molecule has 0 aliphatic heterocycles. The summed E-state index contributed by atoms with van der Waals surface area (Å²) >= 11 is 0. The summed E-state index contributed by atoms with van der Waals surface area (Å²) in [6.07, 6.45) is 33.9. The molecule has 0 bridgehead atoms. The first kappa shape index (κ1) is 140. The summed E-state index contributed by atoms with van der Waals surface area (Å²) in [6, 6.07) is 0. The molecule has 0 spiro atoms. The second-order valence-electron chi connectivity index (χ2n) is 32.8. The number of carbonyl (C=O) groups excluding carboxylic acids is 6. The third-order valence-electron chi connectivity index (χ3n) is 21.6. The van der Waals surface area contributed by atoms with E-state index in [4.69, 9.17) is 61.3 Å². The van der Waals surface area contributed by atoms with Crippen LogP contribution >= 0.6 is 0 Å². The molecule has 0 heterocycles. The zero-order valence-electron chi connectivity index (χ0n) is 75.8. The molecule has 2 radical (unpaired) electrons. The second-order valence-corrected chi connectivity index (χ2v) is 32.8. The van der Waals surface area contributed by atoms with Crippen LogP contribution < -0.4 is 30.6 Å². The van der Waals surface area contributed by atoms with Crippen LogP contribution in [-0.4, -0.2) is 295 Å². The number of carbonyl (C=O) groups is 6. The molecule has 0 saturated carbocycles. The van der Waals surface area contributed by atoms with E-state index in [1.807, 2.05) is 0 Å². The molecule has 762 valence electrons. The molecular formula is C84H162Cr2O42. The molecular weight excluding hydrogens is 1780 g/mol. The third-order valence-corrected chi connectivity index (χ3v) is 21.6. The van der Waals surface area contributed by atoms with Crippen LogP contribution in [0, 0.1) is 0 Å². The zero-order valence-corrected chi connectivity index (χ0v) is 78.3. The van der Waals surface area contributed by atoms with Crippen molar-refractivity contribution in [2.75, 3.05) is 0 Å². The summed E-state index contributed by atoms with van der Waals surface area (Å²) < 4.78 is 0. The maximum absolute atomic E-state index is 10.4. The van der Waals surface area contributed by atoms with Crippen LogP contribution in [0.15, 0.2) is 0 Å². The van der Waals surface area contributed by atoms with Crippen molar-refractivity contribution in [2.24, 2.45) is 0 Å². The van der Waals surface area contributed by atoms with Gasteiger partial charge in [-0.3, -0.25) is 0 Å². The number of carboxylic acid groups (broad SMARTS) is 6. The van der Waals surface area contributed by atoms with Gasteiger partial charge in [0.05, 0.1) is 0 Å². The first-order chi connectivity index (χ1) is 58.0. The van der Waals surface area contributed by atoms with Crippen molar-refractivity contribution < 1.29 is 247 Å². The molecule has 0 aliphatic carbocycles. The van der Waals surface area contributed by atoms with Crippen molar-refractivity contribution in [1.82, 2.24) is 0 Å².